The number of fused-ring (bicyclic) bond motifs is 1. The highest BCUT2D eigenvalue weighted by Crippen LogP contribution is 2.30. The molecule has 1 N–H and O–H groups in total. The molecule has 0 bridgehead atoms. The van der Waals surface area contributed by atoms with Crippen LogP contribution in [0.2, 0.25) is 0 Å². The normalized spacial score (nSPS) is 15.8. The molecule has 3 nitrogen and oxygen atoms in total. The summed E-state index contributed by atoms with van der Waals surface area (Å²) < 4.78 is 13.1. The Morgan fingerprint density at radius 3 is 2.92 bits per heavy atom. The topological polar surface area (TPSA) is 40.5 Å². The predicted octanol–water partition coefficient (Wildman–Crippen LogP) is 1.56. The molecule has 1 amide bonds. The van der Waals surface area contributed by atoms with Gasteiger partial charge in [-0.2, -0.15) is 0 Å². The molecule has 0 saturated heterocycles. The summed E-state index contributed by atoms with van der Waals surface area (Å²) in [6.07, 6.45) is 0.649. The Kier molecular flexibility index (Phi) is 1.69. The van der Waals surface area contributed by atoms with Gasteiger partial charge in [0.2, 0.25) is 0 Å². The lowest BCUT2D eigenvalue weighted by Gasteiger charge is -2.20. The molecule has 68 valence electrons. The van der Waals surface area contributed by atoms with Crippen LogP contribution in [0.3, 0.4) is 0 Å². The fraction of sp³-hybridized carbons (Fsp3) is 0.222. The Morgan fingerprint density at radius 2 is 2.15 bits per heavy atom. The van der Waals surface area contributed by atoms with Gasteiger partial charge in [-0.1, -0.05) is 4.48 Å². The lowest BCUT2D eigenvalue weighted by Crippen LogP contribution is -2.27. The van der Waals surface area contributed by atoms with Crippen molar-refractivity contribution in [2.45, 2.75) is 12.8 Å². The molecule has 13 heavy (non-hydrogen) atoms. The van der Waals surface area contributed by atoms with Crippen LogP contribution in [-0.4, -0.2) is 11.0 Å². The van der Waals surface area contributed by atoms with Crippen LogP contribution in [0.5, 0.6) is 5.75 Å². The summed E-state index contributed by atoms with van der Waals surface area (Å²) >= 11 is 0. The highest BCUT2D eigenvalue weighted by atomic mass is 19.2. The number of halogens is 1. The van der Waals surface area contributed by atoms with Crippen LogP contribution in [0.4, 0.5) is 10.2 Å². The summed E-state index contributed by atoms with van der Waals surface area (Å²) in [4.78, 5) is 10.9. The lowest BCUT2D eigenvalue weighted by atomic mass is 10.0. The average molecular weight is 181 g/mol. The van der Waals surface area contributed by atoms with Gasteiger partial charge in [-0.25, -0.2) is 0 Å². The number of rotatable bonds is 0. The molecule has 0 aliphatic carbocycles. The van der Waals surface area contributed by atoms with E-state index >= 15 is 0 Å². The van der Waals surface area contributed by atoms with Crippen molar-refractivity contribution in [2.75, 3.05) is 5.12 Å². The molecule has 0 fully saturated rings. The second-order valence-corrected chi connectivity index (χ2v) is 2.99. The third kappa shape index (κ3) is 1.24. The van der Waals surface area contributed by atoms with Crippen LogP contribution in [0.15, 0.2) is 18.2 Å². The zero-order valence-corrected chi connectivity index (χ0v) is 6.83. The Hall–Kier alpha value is -1.58. The SMILES string of the molecule is O=C1CCc2cc(O)ccc2N1F. The second kappa shape index (κ2) is 2.73. The van der Waals surface area contributed by atoms with Gasteiger partial charge in [-0.05, 0) is 30.2 Å². The number of amides is 1. The number of carbonyl (C=O) groups is 1. The van der Waals surface area contributed by atoms with Crippen molar-refractivity contribution in [3.8, 4) is 5.75 Å². The molecule has 2 rings (SSSR count). The molecule has 1 aromatic carbocycles. The van der Waals surface area contributed by atoms with E-state index in [9.17, 15) is 9.28 Å². The first kappa shape index (κ1) is 8.04. The quantitative estimate of drug-likeness (QED) is 0.617. The molecule has 0 unspecified atom stereocenters. The first-order chi connectivity index (χ1) is 6.18. The van der Waals surface area contributed by atoms with Crippen molar-refractivity contribution < 1.29 is 14.4 Å². The van der Waals surface area contributed by atoms with Crippen LogP contribution < -0.4 is 5.12 Å². The smallest absolute Gasteiger partial charge is 0.255 e. The van der Waals surface area contributed by atoms with Crippen LogP contribution in [0.1, 0.15) is 12.0 Å². The summed E-state index contributed by atoms with van der Waals surface area (Å²) in [6.45, 7) is 0. The van der Waals surface area contributed by atoms with E-state index in [4.69, 9.17) is 5.11 Å². The number of aromatic hydroxyl groups is 1. The highest BCUT2D eigenvalue weighted by Gasteiger charge is 2.24. The van der Waals surface area contributed by atoms with Gasteiger partial charge in [-0.3, -0.25) is 4.79 Å². The fourth-order valence-electron chi connectivity index (χ4n) is 1.44. The van der Waals surface area contributed by atoms with Gasteiger partial charge >= 0.3 is 0 Å². The van der Waals surface area contributed by atoms with E-state index in [1.807, 2.05) is 0 Å². The molecule has 0 saturated carbocycles. The molecule has 1 heterocycles. The molecule has 1 aromatic rings. The Labute approximate surface area is 74.3 Å². The number of nitrogens with zero attached hydrogens (tertiary/aromatic N) is 1. The number of aryl methyl sites for hydroxylation is 1. The molecule has 0 spiro atoms. The summed E-state index contributed by atoms with van der Waals surface area (Å²) in [5, 5.41) is 9.25. The molecule has 0 aromatic heterocycles. The number of phenolic OH excluding ortho intramolecular Hbond substituents is 1. The fourth-order valence-corrected chi connectivity index (χ4v) is 1.44. The number of anilines is 1. The third-order valence-corrected chi connectivity index (χ3v) is 2.10. The molecule has 4 heteroatoms. The minimum absolute atomic E-state index is 0.0986. The van der Waals surface area contributed by atoms with Gasteiger partial charge in [0.1, 0.15) is 5.75 Å². The maximum atomic E-state index is 13.1. The maximum absolute atomic E-state index is 13.1. The number of phenols is 1. The Morgan fingerprint density at radius 1 is 1.38 bits per heavy atom. The first-order valence-corrected chi connectivity index (χ1v) is 3.99. The summed E-state index contributed by atoms with van der Waals surface area (Å²) in [5.74, 6) is -0.431. The molecule has 1 aliphatic rings. The van der Waals surface area contributed by atoms with Crippen LogP contribution in [0, 0.1) is 0 Å². The van der Waals surface area contributed by atoms with Gasteiger partial charge in [0, 0.05) is 6.42 Å². The monoisotopic (exact) mass is 181 g/mol. The molecule has 0 atom stereocenters. The van der Waals surface area contributed by atoms with Gasteiger partial charge in [0.25, 0.3) is 5.91 Å². The van der Waals surface area contributed by atoms with E-state index in [2.05, 4.69) is 0 Å². The van der Waals surface area contributed by atoms with E-state index < -0.39 is 5.91 Å². The first-order valence-electron chi connectivity index (χ1n) is 3.99. The molecular weight excluding hydrogens is 173 g/mol. The van der Waals surface area contributed by atoms with Crippen LogP contribution >= 0.6 is 0 Å². The Balaban J connectivity index is 2.49. The van der Waals surface area contributed by atoms with Gasteiger partial charge in [0.05, 0.1) is 5.69 Å². The lowest BCUT2D eigenvalue weighted by molar-refractivity contribution is -0.121. The standard InChI is InChI=1S/C9H8FNO2/c10-11-8-3-2-7(12)5-6(8)1-4-9(11)13/h2-3,5,12H,1,4H2. The van der Waals surface area contributed by atoms with Gasteiger partial charge < -0.3 is 5.11 Å². The number of hydrogen-bond donors (Lipinski definition) is 1. The maximum Gasteiger partial charge on any atom is 0.255 e. The summed E-state index contributed by atoms with van der Waals surface area (Å²) in [6, 6.07) is 4.25. The van der Waals surface area contributed by atoms with Gasteiger partial charge in [0.15, 0.2) is 0 Å². The zero-order valence-electron chi connectivity index (χ0n) is 6.83. The second-order valence-electron chi connectivity index (χ2n) is 2.99. The molecular formula is C9H8FNO2. The van der Waals surface area contributed by atoms with Crippen molar-refractivity contribution in [1.29, 1.82) is 0 Å². The van der Waals surface area contributed by atoms with E-state index in [0.717, 1.165) is 0 Å². The largest absolute Gasteiger partial charge is 0.508 e. The van der Waals surface area contributed by atoms with Crippen molar-refractivity contribution in [2.24, 2.45) is 0 Å². The number of carbonyl (C=O) groups excluding carboxylic acids is 1. The van der Waals surface area contributed by atoms with E-state index in [-0.39, 0.29) is 23.0 Å². The van der Waals surface area contributed by atoms with Crippen molar-refractivity contribution in [1.82, 2.24) is 0 Å². The van der Waals surface area contributed by atoms with Crippen LogP contribution in [0.25, 0.3) is 0 Å². The third-order valence-electron chi connectivity index (χ3n) is 2.10. The van der Waals surface area contributed by atoms with E-state index in [1.165, 1.54) is 18.2 Å². The summed E-state index contributed by atoms with van der Waals surface area (Å²) in [7, 11) is 0. The van der Waals surface area contributed by atoms with Crippen molar-refractivity contribution in [3.05, 3.63) is 23.8 Å². The average Bonchev–Trinajstić information content (AvgIpc) is 2.12. The number of benzene rings is 1. The Bertz CT molecular complexity index is 365. The van der Waals surface area contributed by atoms with Crippen molar-refractivity contribution in [3.63, 3.8) is 0 Å². The highest BCUT2D eigenvalue weighted by molar-refractivity contribution is 5.94. The molecule has 1 aliphatic heterocycles. The minimum atomic E-state index is -0.529. The van der Waals surface area contributed by atoms with Crippen molar-refractivity contribution >= 4 is 11.6 Å². The molecule has 0 radical (unpaired) electrons. The van der Waals surface area contributed by atoms with Gasteiger partial charge in [-0.15, -0.1) is 5.12 Å². The van der Waals surface area contributed by atoms with Crippen LogP contribution in [-0.2, 0) is 11.2 Å². The van der Waals surface area contributed by atoms with E-state index in [0.29, 0.717) is 12.0 Å². The van der Waals surface area contributed by atoms with E-state index in [1.54, 1.807) is 0 Å². The minimum Gasteiger partial charge on any atom is -0.508 e. The number of hydrogen-bond acceptors (Lipinski definition) is 2. The predicted molar refractivity (Wildman–Crippen MR) is 45.0 cm³/mol. The zero-order chi connectivity index (χ0) is 9.42. The summed E-state index contributed by atoms with van der Waals surface area (Å²) in [5.41, 5.74) is 0.913.